The topological polar surface area (TPSA) is 74.2 Å². The lowest BCUT2D eigenvalue weighted by Gasteiger charge is -2.15. The summed E-state index contributed by atoms with van der Waals surface area (Å²) in [5.41, 5.74) is 1.86. The molecular formula is C15H19N3O2. The number of fused-ring (bicyclic) bond motifs is 1. The monoisotopic (exact) mass is 273 g/mol. The molecule has 0 aliphatic heterocycles. The second-order valence-corrected chi connectivity index (χ2v) is 4.61. The fourth-order valence-corrected chi connectivity index (χ4v) is 2.00. The molecular weight excluding hydrogens is 254 g/mol. The van der Waals surface area contributed by atoms with Gasteiger partial charge in [0.05, 0.1) is 18.2 Å². The molecule has 3 N–H and O–H groups in total. The molecule has 2 aromatic rings. The van der Waals surface area contributed by atoms with Gasteiger partial charge in [-0.05, 0) is 18.1 Å². The maximum Gasteiger partial charge on any atom is 0.315 e. The Morgan fingerprint density at radius 3 is 2.90 bits per heavy atom. The Balaban J connectivity index is 2.01. The van der Waals surface area contributed by atoms with Crippen molar-refractivity contribution in [3.05, 3.63) is 42.1 Å². The van der Waals surface area contributed by atoms with Crippen molar-refractivity contribution in [2.75, 3.05) is 6.61 Å². The Morgan fingerprint density at radius 1 is 1.35 bits per heavy atom. The van der Waals surface area contributed by atoms with Crippen LogP contribution in [-0.4, -0.2) is 28.8 Å². The Morgan fingerprint density at radius 2 is 2.15 bits per heavy atom. The summed E-state index contributed by atoms with van der Waals surface area (Å²) in [4.78, 5) is 16.1. The summed E-state index contributed by atoms with van der Waals surface area (Å²) in [7, 11) is 0. The highest BCUT2D eigenvalue weighted by molar-refractivity contribution is 5.82. The van der Waals surface area contributed by atoms with Crippen LogP contribution in [0.5, 0.6) is 0 Å². The van der Waals surface area contributed by atoms with Gasteiger partial charge in [0.2, 0.25) is 0 Å². The molecule has 5 nitrogen and oxygen atoms in total. The van der Waals surface area contributed by atoms with Gasteiger partial charge < -0.3 is 15.7 Å². The van der Waals surface area contributed by atoms with Gasteiger partial charge in [-0.1, -0.05) is 31.2 Å². The van der Waals surface area contributed by atoms with E-state index in [1.807, 2.05) is 37.3 Å². The lowest BCUT2D eigenvalue weighted by atomic mass is 10.1. The molecule has 0 saturated carbocycles. The lowest BCUT2D eigenvalue weighted by molar-refractivity contribution is 0.214. The van der Waals surface area contributed by atoms with Gasteiger partial charge in [-0.3, -0.25) is 4.98 Å². The second kappa shape index (κ2) is 6.86. The Kier molecular flexibility index (Phi) is 4.90. The fourth-order valence-electron chi connectivity index (χ4n) is 2.00. The van der Waals surface area contributed by atoms with E-state index in [4.69, 9.17) is 5.11 Å². The number of para-hydroxylation sites is 1. The smallest absolute Gasteiger partial charge is 0.315 e. The van der Waals surface area contributed by atoms with E-state index in [-0.39, 0.29) is 18.7 Å². The number of aliphatic hydroxyl groups excluding tert-OH is 1. The van der Waals surface area contributed by atoms with Crippen molar-refractivity contribution in [3.63, 3.8) is 0 Å². The van der Waals surface area contributed by atoms with Crippen LogP contribution >= 0.6 is 0 Å². The highest BCUT2D eigenvalue weighted by Crippen LogP contribution is 2.15. The summed E-state index contributed by atoms with van der Waals surface area (Å²) in [6.45, 7) is 2.26. The highest BCUT2D eigenvalue weighted by Gasteiger charge is 2.09. The molecule has 2 rings (SSSR count). The van der Waals surface area contributed by atoms with E-state index < -0.39 is 0 Å². The molecule has 1 unspecified atom stereocenters. The van der Waals surface area contributed by atoms with Crippen molar-refractivity contribution in [3.8, 4) is 0 Å². The molecule has 1 aromatic carbocycles. The van der Waals surface area contributed by atoms with Crippen LogP contribution in [0.4, 0.5) is 4.79 Å². The summed E-state index contributed by atoms with van der Waals surface area (Å²) in [6, 6.07) is 9.27. The maximum absolute atomic E-state index is 11.7. The Labute approximate surface area is 118 Å². The zero-order chi connectivity index (χ0) is 14.4. The van der Waals surface area contributed by atoms with Gasteiger partial charge in [0.25, 0.3) is 0 Å². The largest absolute Gasteiger partial charge is 0.394 e. The van der Waals surface area contributed by atoms with Crippen LogP contribution in [0, 0.1) is 0 Å². The standard InChI is InChI=1S/C15H19N3O2/c1-2-13(10-19)18-15(20)17-9-12-6-3-5-11-7-4-8-16-14(11)12/h3-8,13,19H,2,9-10H2,1H3,(H2,17,18,20). The first-order valence-electron chi connectivity index (χ1n) is 6.72. The van der Waals surface area contributed by atoms with E-state index >= 15 is 0 Å². The summed E-state index contributed by atoms with van der Waals surface area (Å²) in [6.07, 6.45) is 2.44. The van der Waals surface area contributed by atoms with Gasteiger partial charge in [0.1, 0.15) is 0 Å². The van der Waals surface area contributed by atoms with Crippen molar-refractivity contribution >= 4 is 16.9 Å². The number of carbonyl (C=O) groups is 1. The Bertz CT molecular complexity index is 577. The number of aliphatic hydroxyl groups is 1. The number of benzene rings is 1. The third-order valence-corrected chi connectivity index (χ3v) is 3.20. The summed E-state index contributed by atoms with van der Waals surface area (Å²) in [5.74, 6) is 0. The van der Waals surface area contributed by atoms with E-state index in [2.05, 4.69) is 15.6 Å². The molecule has 1 atom stereocenters. The van der Waals surface area contributed by atoms with Crippen LogP contribution < -0.4 is 10.6 Å². The normalized spacial score (nSPS) is 12.1. The molecule has 2 amide bonds. The number of carbonyl (C=O) groups excluding carboxylic acids is 1. The van der Waals surface area contributed by atoms with Gasteiger partial charge in [0, 0.05) is 18.1 Å². The minimum absolute atomic E-state index is 0.0558. The molecule has 0 radical (unpaired) electrons. The average Bonchev–Trinajstić information content (AvgIpc) is 2.50. The SMILES string of the molecule is CCC(CO)NC(=O)NCc1cccc2cccnc12. The van der Waals surface area contributed by atoms with Crippen LogP contribution in [0.1, 0.15) is 18.9 Å². The number of nitrogens with zero attached hydrogens (tertiary/aromatic N) is 1. The molecule has 0 bridgehead atoms. The van der Waals surface area contributed by atoms with Crippen molar-refractivity contribution < 1.29 is 9.90 Å². The minimum Gasteiger partial charge on any atom is -0.394 e. The average molecular weight is 273 g/mol. The van der Waals surface area contributed by atoms with Crippen LogP contribution in [0.25, 0.3) is 10.9 Å². The molecule has 106 valence electrons. The molecule has 0 spiro atoms. The molecule has 1 aromatic heterocycles. The lowest BCUT2D eigenvalue weighted by Crippen LogP contribution is -2.43. The first-order chi connectivity index (χ1) is 9.74. The zero-order valence-corrected chi connectivity index (χ0v) is 11.5. The number of hydrogen-bond donors (Lipinski definition) is 3. The van der Waals surface area contributed by atoms with Crippen LogP contribution in [0.2, 0.25) is 0 Å². The molecule has 0 aliphatic rings. The molecule has 0 fully saturated rings. The summed E-state index contributed by atoms with van der Waals surface area (Å²) in [5, 5.41) is 15.6. The highest BCUT2D eigenvalue weighted by atomic mass is 16.3. The molecule has 1 heterocycles. The van der Waals surface area contributed by atoms with Gasteiger partial charge in [-0.15, -0.1) is 0 Å². The van der Waals surface area contributed by atoms with E-state index in [1.165, 1.54) is 0 Å². The van der Waals surface area contributed by atoms with Crippen LogP contribution in [0.3, 0.4) is 0 Å². The predicted molar refractivity (Wildman–Crippen MR) is 78.3 cm³/mol. The first-order valence-corrected chi connectivity index (χ1v) is 6.72. The third kappa shape index (κ3) is 3.45. The minimum atomic E-state index is -0.279. The van der Waals surface area contributed by atoms with Crippen LogP contribution in [-0.2, 0) is 6.54 Å². The maximum atomic E-state index is 11.7. The van der Waals surface area contributed by atoms with Gasteiger partial charge in [-0.2, -0.15) is 0 Å². The van der Waals surface area contributed by atoms with Crippen molar-refractivity contribution in [2.24, 2.45) is 0 Å². The van der Waals surface area contributed by atoms with Crippen molar-refractivity contribution in [1.29, 1.82) is 0 Å². The summed E-state index contributed by atoms with van der Waals surface area (Å²) >= 11 is 0. The third-order valence-electron chi connectivity index (χ3n) is 3.20. The molecule has 0 aliphatic carbocycles. The molecule has 5 heteroatoms. The number of nitrogens with one attached hydrogen (secondary N) is 2. The second-order valence-electron chi connectivity index (χ2n) is 4.61. The number of urea groups is 1. The van der Waals surface area contributed by atoms with E-state index in [9.17, 15) is 4.79 Å². The van der Waals surface area contributed by atoms with Crippen molar-refractivity contribution in [1.82, 2.24) is 15.6 Å². The van der Waals surface area contributed by atoms with E-state index in [0.29, 0.717) is 13.0 Å². The van der Waals surface area contributed by atoms with E-state index in [0.717, 1.165) is 16.5 Å². The zero-order valence-electron chi connectivity index (χ0n) is 11.5. The number of hydrogen-bond acceptors (Lipinski definition) is 3. The van der Waals surface area contributed by atoms with Gasteiger partial charge >= 0.3 is 6.03 Å². The Hall–Kier alpha value is -2.14. The number of amides is 2. The van der Waals surface area contributed by atoms with E-state index in [1.54, 1.807) is 6.20 Å². The van der Waals surface area contributed by atoms with Crippen LogP contribution in [0.15, 0.2) is 36.5 Å². The fraction of sp³-hybridized carbons (Fsp3) is 0.333. The van der Waals surface area contributed by atoms with Crippen molar-refractivity contribution in [2.45, 2.75) is 25.9 Å². The first kappa shape index (κ1) is 14.3. The molecule has 20 heavy (non-hydrogen) atoms. The van der Waals surface area contributed by atoms with Gasteiger partial charge in [0.15, 0.2) is 0 Å². The molecule has 0 saturated heterocycles. The summed E-state index contributed by atoms with van der Waals surface area (Å²) < 4.78 is 0. The quantitative estimate of drug-likeness (QED) is 0.777. The predicted octanol–water partition coefficient (Wildman–Crippen LogP) is 1.80. The number of aromatic nitrogens is 1. The number of pyridine rings is 1. The number of rotatable bonds is 5. The van der Waals surface area contributed by atoms with Gasteiger partial charge in [-0.25, -0.2) is 4.79 Å².